The highest BCUT2D eigenvalue weighted by Gasteiger charge is 2.44. The molecule has 0 spiro atoms. The largest absolute Gasteiger partial charge is 0.497 e. The molecule has 36 heavy (non-hydrogen) atoms. The van der Waals surface area contributed by atoms with E-state index in [0.717, 1.165) is 12.0 Å². The number of carbonyl (C=O) groups is 3. The highest BCUT2D eigenvalue weighted by molar-refractivity contribution is 6.10. The maximum absolute atomic E-state index is 13.4. The molecule has 0 aromatic heterocycles. The standard InChI is InChI=1S/C26H36N6O4/c1-36-20-12-5-10-19(16-20)17-32-22(23(33)29-14-6-11-18-8-3-2-4-9-18)24(34)31-21(25(32)35)13-7-15-30-26(27)28/h2-5,8-10,12,16,21-22,26,30H,6-7,11,13-15,17,27-28H2,1H3,(H,29,33)(H,31,34). The molecule has 2 atom stereocenters. The summed E-state index contributed by atoms with van der Waals surface area (Å²) < 4.78 is 5.28. The van der Waals surface area contributed by atoms with E-state index in [-0.39, 0.29) is 12.5 Å². The van der Waals surface area contributed by atoms with Crippen LogP contribution in [0.25, 0.3) is 0 Å². The minimum Gasteiger partial charge on any atom is -0.497 e. The molecule has 3 rings (SSSR count). The average Bonchev–Trinajstić information content (AvgIpc) is 2.87. The monoisotopic (exact) mass is 496 g/mol. The summed E-state index contributed by atoms with van der Waals surface area (Å²) in [5, 5.41) is 8.45. The molecule has 10 nitrogen and oxygen atoms in total. The van der Waals surface area contributed by atoms with Crippen LogP contribution in [0.4, 0.5) is 0 Å². The van der Waals surface area contributed by atoms with Crippen LogP contribution in [-0.4, -0.2) is 61.2 Å². The van der Waals surface area contributed by atoms with Gasteiger partial charge in [-0.05, 0) is 55.5 Å². The number of hydrogen-bond acceptors (Lipinski definition) is 7. The van der Waals surface area contributed by atoms with Crippen LogP contribution in [0.15, 0.2) is 54.6 Å². The van der Waals surface area contributed by atoms with E-state index < -0.39 is 30.2 Å². The summed E-state index contributed by atoms with van der Waals surface area (Å²) in [4.78, 5) is 40.9. The first-order valence-electron chi connectivity index (χ1n) is 12.2. The van der Waals surface area contributed by atoms with Gasteiger partial charge in [-0.1, -0.05) is 42.5 Å². The molecule has 7 N–H and O–H groups in total. The van der Waals surface area contributed by atoms with Crippen LogP contribution in [0.1, 0.15) is 30.4 Å². The topological polar surface area (TPSA) is 152 Å². The molecule has 10 heteroatoms. The van der Waals surface area contributed by atoms with Crippen LogP contribution >= 0.6 is 0 Å². The SMILES string of the molecule is COc1cccc(CN2C(=O)C(CCCNC(N)N)NC(=O)C2C(=O)NCCCc2ccccc2)c1. The van der Waals surface area contributed by atoms with E-state index in [1.54, 1.807) is 25.3 Å². The maximum atomic E-state index is 13.4. The van der Waals surface area contributed by atoms with Crippen LogP contribution in [0, 0.1) is 0 Å². The van der Waals surface area contributed by atoms with Crippen LogP contribution in [-0.2, 0) is 27.3 Å². The number of aryl methyl sites for hydroxylation is 1. The number of nitrogens with zero attached hydrogens (tertiary/aromatic N) is 1. The summed E-state index contributed by atoms with van der Waals surface area (Å²) in [5.41, 5.74) is 12.9. The van der Waals surface area contributed by atoms with Gasteiger partial charge in [0.1, 0.15) is 18.1 Å². The molecule has 1 saturated heterocycles. The quantitative estimate of drug-likeness (QED) is 0.151. The fourth-order valence-electron chi connectivity index (χ4n) is 4.19. The Balaban J connectivity index is 1.68. The molecule has 1 fully saturated rings. The Hall–Kier alpha value is -3.47. The van der Waals surface area contributed by atoms with Gasteiger partial charge in [-0.15, -0.1) is 0 Å². The van der Waals surface area contributed by atoms with Crippen molar-refractivity contribution in [3.63, 3.8) is 0 Å². The second-order valence-corrected chi connectivity index (χ2v) is 8.78. The predicted octanol–water partition coefficient (Wildman–Crippen LogP) is 0.211. The Bertz CT molecular complexity index is 1020. The van der Waals surface area contributed by atoms with Gasteiger partial charge in [0.2, 0.25) is 5.91 Å². The second-order valence-electron chi connectivity index (χ2n) is 8.78. The number of nitrogens with one attached hydrogen (secondary N) is 3. The van der Waals surface area contributed by atoms with Gasteiger partial charge in [0, 0.05) is 13.1 Å². The molecule has 2 aromatic carbocycles. The van der Waals surface area contributed by atoms with Crippen molar-refractivity contribution in [1.82, 2.24) is 20.9 Å². The summed E-state index contributed by atoms with van der Waals surface area (Å²) in [5.74, 6) is -0.666. The zero-order valence-electron chi connectivity index (χ0n) is 20.6. The van der Waals surface area contributed by atoms with E-state index in [0.29, 0.717) is 38.1 Å². The normalized spacial score (nSPS) is 17.7. The Labute approximate surface area is 211 Å². The minimum atomic E-state index is -1.26. The predicted molar refractivity (Wildman–Crippen MR) is 136 cm³/mol. The highest BCUT2D eigenvalue weighted by atomic mass is 16.5. The molecule has 0 saturated carbocycles. The molecule has 0 bridgehead atoms. The van der Waals surface area contributed by atoms with Crippen molar-refractivity contribution in [1.29, 1.82) is 0 Å². The third kappa shape index (κ3) is 7.77. The fraction of sp³-hybridized carbons (Fsp3) is 0.423. The summed E-state index contributed by atoms with van der Waals surface area (Å²) in [6, 6.07) is 15.2. The van der Waals surface area contributed by atoms with E-state index in [2.05, 4.69) is 16.0 Å². The van der Waals surface area contributed by atoms with Crippen molar-refractivity contribution in [3.8, 4) is 5.75 Å². The van der Waals surface area contributed by atoms with Crippen LogP contribution < -0.4 is 32.2 Å². The number of methoxy groups -OCH3 is 1. The molecular formula is C26H36N6O4. The van der Waals surface area contributed by atoms with Gasteiger partial charge in [-0.2, -0.15) is 0 Å². The van der Waals surface area contributed by atoms with Crippen molar-refractivity contribution < 1.29 is 19.1 Å². The number of hydrogen-bond donors (Lipinski definition) is 5. The molecule has 0 radical (unpaired) electrons. The summed E-state index contributed by atoms with van der Waals surface area (Å²) >= 11 is 0. The second kappa shape index (κ2) is 13.6. The number of ether oxygens (including phenoxy) is 1. The lowest BCUT2D eigenvalue weighted by Gasteiger charge is -2.38. The van der Waals surface area contributed by atoms with Crippen molar-refractivity contribution in [2.45, 2.75) is 50.6 Å². The average molecular weight is 497 g/mol. The van der Waals surface area contributed by atoms with E-state index in [4.69, 9.17) is 16.2 Å². The first-order valence-corrected chi connectivity index (χ1v) is 12.2. The molecular weight excluding hydrogens is 460 g/mol. The third-order valence-corrected chi connectivity index (χ3v) is 6.03. The van der Waals surface area contributed by atoms with Crippen LogP contribution in [0.2, 0.25) is 0 Å². The van der Waals surface area contributed by atoms with Gasteiger partial charge >= 0.3 is 0 Å². The maximum Gasteiger partial charge on any atom is 0.253 e. The molecule has 3 amide bonds. The fourth-order valence-corrected chi connectivity index (χ4v) is 4.19. The lowest BCUT2D eigenvalue weighted by atomic mass is 10.0. The summed E-state index contributed by atoms with van der Waals surface area (Å²) in [7, 11) is 1.56. The van der Waals surface area contributed by atoms with E-state index in [9.17, 15) is 14.4 Å². The van der Waals surface area contributed by atoms with Gasteiger partial charge in [0.25, 0.3) is 11.8 Å². The number of piperazine rings is 1. The van der Waals surface area contributed by atoms with Crippen molar-refractivity contribution in [2.24, 2.45) is 11.5 Å². The molecule has 2 aromatic rings. The Morgan fingerprint density at radius 2 is 1.81 bits per heavy atom. The molecule has 0 aliphatic carbocycles. The lowest BCUT2D eigenvalue weighted by Crippen LogP contribution is -2.67. The number of nitrogens with two attached hydrogens (primary N) is 2. The van der Waals surface area contributed by atoms with Crippen LogP contribution in [0.3, 0.4) is 0 Å². The molecule has 1 heterocycles. The van der Waals surface area contributed by atoms with E-state index in [1.165, 1.54) is 10.5 Å². The first-order chi connectivity index (χ1) is 17.4. The Morgan fingerprint density at radius 3 is 2.53 bits per heavy atom. The molecule has 1 aliphatic heterocycles. The zero-order valence-corrected chi connectivity index (χ0v) is 20.6. The highest BCUT2D eigenvalue weighted by Crippen LogP contribution is 2.20. The Morgan fingerprint density at radius 1 is 1.06 bits per heavy atom. The molecule has 2 unspecified atom stereocenters. The molecule has 1 aliphatic rings. The molecule has 194 valence electrons. The van der Waals surface area contributed by atoms with Gasteiger partial charge in [-0.3, -0.25) is 19.7 Å². The van der Waals surface area contributed by atoms with Gasteiger partial charge < -0.3 is 31.7 Å². The first kappa shape index (κ1) is 27.1. The smallest absolute Gasteiger partial charge is 0.253 e. The minimum absolute atomic E-state index is 0.105. The third-order valence-electron chi connectivity index (χ3n) is 6.03. The van der Waals surface area contributed by atoms with E-state index >= 15 is 0 Å². The van der Waals surface area contributed by atoms with Crippen molar-refractivity contribution in [2.75, 3.05) is 20.2 Å². The zero-order chi connectivity index (χ0) is 25.9. The van der Waals surface area contributed by atoms with Crippen molar-refractivity contribution >= 4 is 17.7 Å². The lowest BCUT2D eigenvalue weighted by molar-refractivity contribution is -0.155. The number of benzene rings is 2. The number of carbonyl (C=O) groups excluding carboxylic acids is 3. The number of rotatable bonds is 13. The van der Waals surface area contributed by atoms with Crippen LogP contribution in [0.5, 0.6) is 5.75 Å². The van der Waals surface area contributed by atoms with Gasteiger partial charge in [0.05, 0.1) is 7.11 Å². The summed E-state index contributed by atoms with van der Waals surface area (Å²) in [6.45, 7) is 1.000. The van der Waals surface area contributed by atoms with Gasteiger partial charge in [-0.25, -0.2) is 0 Å². The van der Waals surface area contributed by atoms with Gasteiger partial charge in [0.15, 0.2) is 6.04 Å². The summed E-state index contributed by atoms with van der Waals surface area (Å²) in [6.07, 6.45) is 1.83. The Kier molecular flexibility index (Phi) is 10.2. The van der Waals surface area contributed by atoms with E-state index in [1.807, 2.05) is 36.4 Å². The van der Waals surface area contributed by atoms with Crippen molar-refractivity contribution in [3.05, 3.63) is 65.7 Å². The number of amides is 3.